The van der Waals surface area contributed by atoms with E-state index in [9.17, 15) is 0 Å². The number of imidazole rings is 1. The molecule has 3 aromatic rings. The van der Waals surface area contributed by atoms with E-state index in [0.717, 1.165) is 21.7 Å². The lowest BCUT2D eigenvalue weighted by Crippen LogP contribution is -2.10. The fourth-order valence-corrected chi connectivity index (χ4v) is 2.89. The van der Waals surface area contributed by atoms with Gasteiger partial charge in [-0.15, -0.1) is 11.3 Å². The zero-order valence-electron chi connectivity index (χ0n) is 10.2. The van der Waals surface area contributed by atoms with Gasteiger partial charge in [-0.2, -0.15) is 0 Å². The maximum absolute atomic E-state index is 6.00. The van der Waals surface area contributed by atoms with Crippen LogP contribution in [0.4, 0.5) is 5.95 Å². The Bertz CT molecular complexity index is 699. The Hall–Kier alpha value is -1.95. The van der Waals surface area contributed by atoms with Crippen molar-refractivity contribution in [1.29, 1.82) is 0 Å². The van der Waals surface area contributed by atoms with E-state index in [1.807, 2.05) is 22.9 Å². The normalized spacial score (nSPS) is 13.0. The van der Waals surface area contributed by atoms with Crippen molar-refractivity contribution in [3.8, 4) is 0 Å². The molecule has 0 saturated heterocycles. The van der Waals surface area contributed by atoms with Crippen molar-refractivity contribution in [1.82, 2.24) is 19.5 Å². The average Bonchev–Trinajstić information content (AvgIpc) is 2.91. The summed E-state index contributed by atoms with van der Waals surface area (Å²) in [6.45, 7) is 4.07. The van der Waals surface area contributed by atoms with Crippen molar-refractivity contribution in [3.63, 3.8) is 0 Å². The molecule has 92 valence electrons. The Kier molecular flexibility index (Phi) is 2.52. The van der Waals surface area contributed by atoms with Gasteiger partial charge in [-0.3, -0.25) is 4.98 Å². The van der Waals surface area contributed by atoms with Crippen molar-refractivity contribution in [2.45, 2.75) is 19.9 Å². The summed E-state index contributed by atoms with van der Waals surface area (Å²) < 4.78 is 2.00. The van der Waals surface area contributed by atoms with Gasteiger partial charge < -0.3 is 10.3 Å². The van der Waals surface area contributed by atoms with Gasteiger partial charge in [0.1, 0.15) is 10.5 Å². The highest BCUT2D eigenvalue weighted by molar-refractivity contribution is 7.09. The van der Waals surface area contributed by atoms with E-state index in [-0.39, 0.29) is 6.04 Å². The van der Waals surface area contributed by atoms with E-state index < -0.39 is 0 Å². The maximum Gasteiger partial charge on any atom is 0.201 e. The number of nitrogens with two attached hydrogens (primary N) is 1. The molecule has 18 heavy (non-hydrogen) atoms. The van der Waals surface area contributed by atoms with Crippen LogP contribution in [0.3, 0.4) is 0 Å². The summed E-state index contributed by atoms with van der Waals surface area (Å²) >= 11 is 1.64. The van der Waals surface area contributed by atoms with Crippen LogP contribution in [0.25, 0.3) is 11.0 Å². The number of fused-ring (bicyclic) bond motifs is 1. The van der Waals surface area contributed by atoms with Crippen molar-refractivity contribution < 1.29 is 0 Å². The molecule has 0 saturated carbocycles. The highest BCUT2D eigenvalue weighted by Gasteiger charge is 2.17. The number of pyridine rings is 1. The first-order chi connectivity index (χ1) is 8.66. The molecule has 0 aliphatic carbocycles. The highest BCUT2D eigenvalue weighted by Crippen LogP contribution is 2.28. The van der Waals surface area contributed by atoms with Gasteiger partial charge in [0.2, 0.25) is 5.95 Å². The summed E-state index contributed by atoms with van der Waals surface area (Å²) in [5.74, 6) is 0.498. The quantitative estimate of drug-likeness (QED) is 0.767. The van der Waals surface area contributed by atoms with Crippen LogP contribution >= 0.6 is 11.3 Å². The Morgan fingerprint density at radius 3 is 2.94 bits per heavy atom. The number of thiazole rings is 1. The van der Waals surface area contributed by atoms with E-state index >= 15 is 0 Å². The fraction of sp³-hybridized carbons (Fsp3) is 0.250. The van der Waals surface area contributed by atoms with E-state index in [1.54, 1.807) is 23.7 Å². The molecule has 2 N–H and O–H groups in total. The molecule has 0 aromatic carbocycles. The largest absolute Gasteiger partial charge is 0.369 e. The monoisotopic (exact) mass is 259 g/mol. The molecular weight excluding hydrogens is 246 g/mol. The van der Waals surface area contributed by atoms with E-state index in [1.165, 1.54) is 0 Å². The molecule has 3 aromatic heterocycles. The minimum atomic E-state index is 0.0797. The molecule has 1 unspecified atom stereocenters. The van der Waals surface area contributed by atoms with Crippen LogP contribution in [0.2, 0.25) is 0 Å². The second-order valence-electron chi connectivity index (χ2n) is 4.21. The minimum absolute atomic E-state index is 0.0797. The van der Waals surface area contributed by atoms with Crippen LogP contribution in [-0.4, -0.2) is 19.5 Å². The molecule has 3 rings (SSSR count). The van der Waals surface area contributed by atoms with Crippen LogP contribution in [-0.2, 0) is 0 Å². The SMILES string of the molecule is Cc1csc(C(C)n2c(N)nc3cnccc32)n1. The summed E-state index contributed by atoms with van der Waals surface area (Å²) in [4.78, 5) is 12.9. The number of hydrogen-bond acceptors (Lipinski definition) is 5. The van der Waals surface area contributed by atoms with Crippen molar-refractivity contribution in [2.75, 3.05) is 5.73 Å². The molecule has 6 heteroatoms. The molecule has 3 heterocycles. The summed E-state index contributed by atoms with van der Waals surface area (Å²) in [6, 6.07) is 2.01. The number of hydrogen-bond donors (Lipinski definition) is 1. The summed E-state index contributed by atoms with van der Waals surface area (Å²) in [5.41, 5.74) is 8.84. The Balaban J connectivity index is 2.16. The lowest BCUT2D eigenvalue weighted by Gasteiger charge is -2.13. The van der Waals surface area contributed by atoms with E-state index in [4.69, 9.17) is 5.73 Å². The topological polar surface area (TPSA) is 69.6 Å². The molecule has 1 atom stereocenters. The third-order valence-corrected chi connectivity index (χ3v) is 4.03. The average molecular weight is 259 g/mol. The first kappa shape index (κ1) is 11.2. The standard InChI is InChI=1S/C12H13N5S/c1-7-6-18-11(15-7)8(2)17-10-3-4-14-5-9(10)16-12(17)13/h3-6,8H,1-2H3,(H2,13,16). The van der Waals surface area contributed by atoms with Gasteiger partial charge in [-0.05, 0) is 19.9 Å². The molecular formula is C12H13N5S. The van der Waals surface area contributed by atoms with Gasteiger partial charge in [-0.25, -0.2) is 9.97 Å². The number of rotatable bonds is 2. The number of nitrogen functional groups attached to an aromatic ring is 1. The predicted molar refractivity (Wildman–Crippen MR) is 72.6 cm³/mol. The molecule has 0 bridgehead atoms. The lowest BCUT2D eigenvalue weighted by atomic mass is 10.3. The van der Waals surface area contributed by atoms with Gasteiger partial charge in [0.15, 0.2) is 0 Å². The van der Waals surface area contributed by atoms with Crippen LogP contribution in [0.15, 0.2) is 23.8 Å². The second kappa shape index (κ2) is 4.06. The van der Waals surface area contributed by atoms with Crippen LogP contribution in [0.5, 0.6) is 0 Å². The number of anilines is 1. The highest BCUT2D eigenvalue weighted by atomic mass is 32.1. The summed E-state index contributed by atoms with van der Waals surface area (Å²) in [5, 5.41) is 3.08. The first-order valence-electron chi connectivity index (χ1n) is 5.66. The zero-order chi connectivity index (χ0) is 12.7. The number of aryl methyl sites for hydroxylation is 1. The third kappa shape index (κ3) is 1.65. The van der Waals surface area contributed by atoms with Crippen molar-refractivity contribution in [2.24, 2.45) is 0 Å². The van der Waals surface area contributed by atoms with Crippen LogP contribution in [0, 0.1) is 6.92 Å². The van der Waals surface area contributed by atoms with Crippen molar-refractivity contribution >= 4 is 28.3 Å². The van der Waals surface area contributed by atoms with Gasteiger partial charge in [-0.1, -0.05) is 0 Å². The predicted octanol–water partition coefficient (Wildman–Crippen LogP) is 2.39. The molecule has 5 nitrogen and oxygen atoms in total. The third-order valence-electron chi connectivity index (χ3n) is 2.90. The van der Waals surface area contributed by atoms with Crippen molar-refractivity contribution in [3.05, 3.63) is 34.5 Å². The van der Waals surface area contributed by atoms with Crippen LogP contribution in [0.1, 0.15) is 23.7 Å². The number of nitrogens with zero attached hydrogens (tertiary/aromatic N) is 4. The molecule has 0 aliphatic rings. The lowest BCUT2D eigenvalue weighted by molar-refractivity contribution is 0.661. The smallest absolute Gasteiger partial charge is 0.201 e. The Morgan fingerprint density at radius 2 is 2.22 bits per heavy atom. The molecule has 0 aliphatic heterocycles. The second-order valence-corrected chi connectivity index (χ2v) is 5.10. The van der Waals surface area contributed by atoms with Gasteiger partial charge >= 0.3 is 0 Å². The summed E-state index contributed by atoms with van der Waals surface area (Å²) in [7, 11) is 0. The zero-order valence-corrected chi connectivity index (χ0v) is 11.0. The minimum Gasteiger partial charge on any atom is -0.369 e. The van der Waals surface area contributed by atoms with Gasteiger partial charge in [0.25, 0.3) is 0 Å². The van der Waals surface area contributed by atoms with Gasteiger partial charge in [0.05, 0.1) is 17.8 Å². The molecule has 0 spiro atoms. The Morgan fingerprint density at radius 1 is 1.39 bits per heavy atom. The van der Waals surface area contributed by atoms with Gasteiger partial charge in [0, 0.05) is 17.3 Å². The van der Waals surface area contributed by atoms with E-state index in [0.29, 0.717) is 5.95 Å². The molecule has 0 amide bonds. The number of aromatic nitrogens is 4. The summed E-state index contributed by atoms with van der Waals surface area (Å²) in [6.07, 6.45) is 3.47. The first-order valence-corrected chi connectivity index (χ1v) is 6.54. The van der Waals surface area contributed by atoms with Crippen LogP contribution < -0.4 is 5.73 Å². The molecule has 0 radical (unpaired) electrons. The van der Waals surface area contributed by atoms with E-state index in [2.05, 4.69) is 21.9 Å². The molecule has 0 fully saturated rings. The fourth-order valence-electron chi connectivity index (χ4n) is 2.05. The Labute approximate surface area is 108 Å². The maximum atomic E-state index is 6.00.